The van der Waals surface area contributed by atoms with Gasteiger partial charge in [0.25, 0.3) is 11.1 Å². The van der Waals surface area contributed by atoms with E-state index in [0.29, 0.717) is 29.0 Å². The molecule has 0 radical (unpaired) electrons. The molecular weight excluding hydrogens is 324 g/mol. The van der Waals surface area contributed by atoms with E-state index in [1.54, 1.807) is 18.3 Å². The largest absolute Gasteiger partial charge is 0.431 e. The van der Waals surface area contributed by atoms with Crippen LogP contribution in [0.2, 0.25) is 0 Å². The van der Waals surface area contributed by atoms with Crippen LogP contribution in [-0.4, -0.2) is 29.1 Å². The standard InChI is InChI=1S/C18H20N2O3S/c1-18(7-9-22-15(18)12-5-6-12)20-16(21)13-3-2-4-14(11-13)23-17-19-8-10-24-17/h2-4,8,10-12,15H,5-7,9H2,1H3,(H,20,21). The second kappa shape index (κ2) is 6.18. The van der Waals surface area contributed by atoms with Crippen LogP contribution in [0, 0.1) is 5.92 Å². The Hall–Kier alpha value is -1.92. The summed E-state index contributed by atoms with van der Waals surface area (Å²) in [6.45, 7) is 2.81. The van der Waals surface area contributed by atoms with E-state index in [1.165, 1.54) is 24.2 Å². The lowest BCUT2D eigenvalue weighted by Gasteiger charge is -2.31. The first-order valence-electron chi connectivity index (χ1n) is 8.26. The Morgan fingerprint density at radius 1 is 1.46 bits per heavy atom. The molecule has 24 heavy (non-hydrogen) atoms. The molecule has 2 aromatic rings. The minimum absolute atomic E-state index is 0.0850. The van der Waals surface area contributed by atoms with Gasteiger partial charge in [-0.1, -0.05) is 17.4 Å². The minimum Gasteiger partial charge on any atom is -0.431 e. The third-order valence-corrected chi connectivity index (χ3v) is 5.36. The van der Waals surface area contributed by atoms with Crippen molar-refractivity contribution in [3.63, 3.8) is 0 Å². The molecule has 2 fully saturated rings. The zero-order chi connectivity index (χ0) is 16.6. The normalized spacial score (nSPS) is 26.3. The molecule has 1 aromatic heterocycles. The molecule has 1 aliphatic carbocycles. The summed E-state index contributed by atoms with van der Waals surface area (Å²) in [6.07, 6.45) is 5.09. The molecule has 2 aliphatic rings. The highest BCUT2D eigenvalue weighted by molar-refractivity contribution is 7.11. The van der Waals surface area contributed by atoms with Crippen molar-refractivity contribution >= 4 is 17.2 Å². The van der Waals surface area contributed by atoms with E-state index < -0.39 is 0 Å². The zero-order valence-corrected chi connectivity index (χ0v) is 14.3. The number of carbonyl (C=O) groups excluding carboxylic acids is 1. The van der Waals surface area contributed by atoms with Crippen LogP contribution in [0.5, 0.6) is 10.9 Å². The van der Waals surface area contributed by atoms with Crippen molar-refractivity contribution in [2.75, 3.05) is 6.61 Å². The predicted octanol–water partition coefficient (Wildman–Crippen LogP) is 3.62. The predicted molar refractivity (Wildman–Crippen MR) is 91.6 cm³/mol. The van der Waals surface area contributed by atoms with Crippen LogP contribution in [0.1, 0.15) is 36.5 Å². The van der Waals surface area contributed by atoms with E-state index >= 15 is 0 Å². The quantitative estimate of drug-likeness (QED) is 0.900. The van der Waals surface area contributed by atoms with E-state index in [9.17, 15) is 4.79 Å². The molecule has 0 bridgehead atoms. The van der Waals surface area contributed by atoms with Crippen LogP contribution >= 0.6 is 11.3 Å². The maximum absolute atomic E-state index is 12.7. The molecule has 0 spiro atoms. The van der Waals surface area contributed by atoms with Gasteiger partial charge in [0.2, 0.25) is 0 Å². The first kappa shape index (κ1) is 15.6. The van der Waals surface area contributed by atoms with Crippen molar-refractivity contribution in [3.05, 3.63) is 41.4 Å². The summed E-state index contributed by atoms with van der Waals surface area (Å²) in [4.78, 5) is 16.8. The second-order valence-electron chi connectivity index (χ2n) is 6.68. The maximum Gasteiger partial charge on any atom is 0.278 e. The Labute approximate surface area is 145 Å². The van der Waals surface area contributed by atoms with Crippen molar-refractivity contribution in [1.82, 2.24) is 10.3 Å². The summed E-state index contributed by atoms with van der Waals surface area (Å²) in [5.74, 6) is 1.12. The SMILES string of the molecule is CC1(NC(=O)c2cccc(Oc3nccs3)c2)CCOC1C1CC1. The van der Waals surface area contributed by atoms with Gasteiger partial charge in [-0.2, -0.15) is 0 Å². The summed E-state index contributed by atoms with van der Waals surface area (Å²) >= 11 is 1.42. The summed E-state index contributed by atoms with van der Waals surface area (Å²) < 4.78 is 11.6. The molecule has 1 saturated heterocycles. The van der Waals surface area contributed by atoms with Gasteiger partial charge in [-0.25, -0.2) is 4.98 Å². The molecule has 126 valence electrons. The minimum atomic E-state index is -0.287. The highest BCUT2D eigenvalue weighted by atomic mass is 32.1. The van der Waals surface area contributed by atoms with E-state index in [2.05, 4.69) is 17.2 Å². The van der Waals surface area contributed by atoms with Crippen molar-refractivity contribution in [3.8, 4) is 10.9 Å². The van der Waals surface area contributed by atoms with Crippen LogP contribution in [0.15, 0.2) is 35.8 Å². The van der Waals surface area contributed by atoms with Gasteiger partial charge in [0.15, 0.2) is 0 Å². The number of hydrogen-bond donors (Lipinski definition) is 1. The van der Waals surface area contributed by atoms with E-state index in [0.717, 1.165) is 6.42 Å². The highest BCUT2D eigenvalue weighted by Crippen LogP contribution is 2.43. The molecule has 2 atom stereocenters. The van der Waals surface area contributed by atoms with Gasteiger partial charge in [0, 0.05) is 23.7 Å². The van der Waals surface area contributed by atoms with Gasteiger partial charge in [-0.3, -0.25) is 4.79 Å². The number of carbonyl (C=O) groups is 1. The number of nitrogens with zero attached hydrogens (tertiary/aromatic N) is 1. The molecular formula is C18H20N2O3S. The van der Waals surface area contributed by atoms with Crippen LogP contribution in [-0.2, 0) is 4.74 Å². The van der Waals surface area contributed by atoms with Crippen molar-refractivity contribution in [2.45, 2.75) is 37.8 Å². The molecule has 1 N–H and O–H groups in total. The monoisotopic (exact) mass is 344 g/mol. The zero-order valence-electron chi connectivity index (χ0n) is 13.5. The molecule has 2 unspecified atom stereocenters. The molecule has 2 heterocycles. The Balaban J connectivity index is 1.48. The molecule has 5 nitrogen and oxygen atoms in total. The van der Waals surface area contributed by atoms with Crippen LogP contribution in [0.25, 0.3) is 0 Å². The molecule has 4 rings (SSSR count). The summed E-state index contributed by atoms with van der Waals surface area (Å²) in [5.41, 5.74) is 0.302. The third-order valence-electron chi connectivity index (χ3n) is 4.71. The van der Waals surface area contributed by atoms with Crippen molar-refractivity contribution in [2.24, 2.45) is 5.92 Å². The Morgan fingerprint density at radius 2 is 2.33 bits per heavy atom. The van der Waals surface area contributed by atoms with Gasteiger partial charge in [0.1, 0.15) is 5.75 Å². The highest BCUT2D eigenvalue weighted by Gasteiger charge is 2.49. The first-order valence-corrected chi connectivity index (χ1v) is 9.13. The summed E-state index contributed by atoms with van der Waals surface area (Å²) in [5, 5.41) is 5.62. The topological polar surface area (TPSA) is 60.5 Å². The number of hydrogen-bond acceptors (Lipinski definition) is 5. The lowest BCUT2D eigenvalue weighted by molar-refractivity contribution is 0.0514. The van der Waals surface area contributed by atoms with Gasteiger partial charge in [-0.05, 0) is 50.3 Å². The van der Waals surface area contributed by atoms with E-state index in [1.807, 2.05) is 17.5 Å². The van der Waals surface area contributed by atoms with E-state index in [-0.39, 0.29) is 17.6 Å². The smallest absolute Gasteiger partial charge is 0.278 e. The lowest BCUT2D eigenvalue weighted by Crippen LogP contribution is -2.52. The van der Waals surface area contributed by atoms with Gasteiger partial charge < -0.3 is 14.8 Å². The fraction of sp³-hybridized carbons (Fsp3) is 0.444. The molecule has 1 aromatic carbocycles. The van der Waals surface area contributed by atoms with Crippen molar-refractivity contribution < 1.29 is 14.3 Å². The number of amides is 1. The third kappa shape index (κ3) is 3.16. The Bertz CT molecular complexity index is 730. The number of nitrogens with one attached hydrogen (secondary N) is 1. The fourth-order valence-corrected chi connectivity index (χ4v) is 3.81. The van der Waals surface area contributed by atoms with Crippen LogP contribution in [0.3, 0.4) is 0 Å². The lowest BCUT2D eigenvalue weighted by atomic mass is 9.90. The number of thiazole rings is 1. The van der Waals surface area contributed by atoms with E-state index in [4.69, 9.17) is 9.47 Å². The van der Waals surface area contributed by atoms with Crippen LogP contribution < -0.4 is 10.1 Å². The number of ether oxygens (including phenoxy) is 2. The maximum atomic E-state index is 12.7. The average molecular weight is 344 g/mol. The Morgan fingerprint density at radius 3 is 3.08 bits per heavy atom. The molecule has 6 heteroatoms. The molecule has 1 aliphatic heterocycles. The molecule has 1 saturated carbocycles. The summed E-state index contributed by atoms with van der Waals surface area (Å²) in [7, 11) is 0. The molecule has 1 amide bonds. The Kier molecular flexibility index (Phi) is 4.02. The van der Waals surface area contributed by atoms with Crippen molar-refractivity contribution in [1.29, 1.82) is 0 Å². The van der Waals surface area contributed by atoms with Gasteiger partial charge >= 0.3 is 0 Å². The average Bonchev–Trinajstić information content (AvgIpc) is 3.14. The number of aromatic nitrogens is 1. The first-order chi connectivity index (χ1) is 11.6. The summed E-state index contributed by atoms with van der Waals surface area (Å²) in [6, 6.07) is 7.20. The van der Waals surface area contributed by atoms with Gasteiger partial charge in [0.05, 0.1) is 11.6 Å². The van der Waals surface area contributed by atoms with Crippen LogP contribution in [0.4, 0.5) is 0 Å². The number of benzene rings is 1. The fourth-order valence-electron chi connectivity index (χ4n) is 3.31. The number of rotatable bonds is 5. The second-order valence-corrected chi connectivity index (χ2v) is 7.54. The van der Waals surface area contributed by atoms with Gasteiger partial charge in [-0.15, -0.1) is 0 Å².